The van der Waals surface area contributed by atoms with E-state index in [2.05, 4.69) is 21.2 Å². The Morgan fingerprint density at radius 2 is 2.17 bits per heavy atom. The molecule has 23 heavy (non-hydrogen) atoms. The van der Waals surface area contributed by atoms with E-state index in [1.807, 2.05) is 25.1 Å². The van der Waals surface area contributed by atoms with Crippen molar-refractivity contribution in [2.45, 2.75) is 25.1 Å². The van der Waals surface area contributed by atoms with Crippen LogP contribution in [0.5, 0.6) is 5.75 Å². The van der Waals surface area contributed by atoms with Gasteiger partial charge in [0, 0.05) is 16.5 Å². The first-order valence-electron chi connectivity index (χ1n) is 7.31. The van der Waals surface area contributed by atoms with Crippen LogP contribution in [0.3, 0.4) is 0 Å². The maximum atomic E-state index is 13.6. The maximum Gasteiger partial charge on any atom is 0.325 e. The minimum Gasteiger partial charge on any atom is -0.467 e. The van der Waals surface area contributed by atoms with Gasteiger partial charge in [-0.25, -0.2) is 9.18 Å². The summed E-state index contributed by atoms with van der Waals surface area (Å²) in [6.45, 7) is 1.86. The quantitative estimate of drug-likeness (QED) is 0.803. The lowest BCUT2D eigenvalue weighted by molar-refractivity contribution is 0.0378. The number of carbonyl (C=O) groups is 1. The summed E-state index contributed by atoms with van der Waals surface area (Å²) in [5.74, 6) is 0.342. The highest BCUT2D eigenvalue weighted by Gasteiger charge is 2.49. The first-order chi connectivity index (χ1) is 11.0. The Morgan fingerprint density at radius 1 is 1.35 bits per heavy atom. The molecule has 0 aliphatic carbocycles. The van der Waals surface area contributed by atoms with Gasteiger partial charge >= 0.3 is 6.03 Å². The Hall–Kier alpha value is -2.08. The molecule has 0 spiro atoms. The van der Waals surface area contributed by atoms with Gasteiger partial charge in [-0.3, -0.25) is 4.90 Å². The molecular weight excluding hydrogens is 363 g/mol. The molecule has 4 rings (SSSR count). The molecule has 0 unspecified atom stereocenters. The van der Waals surface area contributed by atoms with Gasteiger partial charge in [-0.1, -0.05) is 22.0 Å². The van der Waals surface area contributed by atoms with E-state index >= 15 is 0 Å². The largest absolute Gasteiger partial charge is 0.467 e. The predicted octanol–water partition coefficient (Wildman–Crippen LogP) is 4.36. The van der Waals surface area contributed by atoms with Gasteiger partial charge in [0.15, 0.2) is 5.72 Å². The van der Waals surface area contributed by atoms with E-state index in [1.165, 1.54) is 17.0 Å². The molecule has 1 N–H and O–H groups in total. The van der Waals surface area contributed by atoms with Crippen molar-refractivity contribution in [1.82, 2.24) is 5.32 Å². The number of urea groups is 1. The summed E-state index contributed by atoms with van der Waals surface area (Å²) < 4.78 is 20.7. The van der Waals surface area contributed by atoms with E-state index in [0.29, 0.717) is 12.1 Å². The molecule has 2 heterocycles. The molecule has 118 valence electrons. The molecule has 2 atom stereocenters. The fourth-order valence-electron chi connectivity index (χ4n) is 3.35. The van der Waals surface area contributed by atoms with Crippen LogP contribution >= 0.6 is 15.9 Å². The number of nitrogens with zero attached hydrogens (tertiary/aromatic N) is 1. The van der Waals surface area contributed by atoms with Crippen LogP contribution in [0.2, 0.25) is 0 Å². The van der Waals surface area contributed by atoms with E-state index in [-0.39, 0.29) is 17.9 Å². The van der Waals surface area contributed by atoms with Gasteiger partial charge < -0.3 is 10.1 Å². The van der Waals surface area contributed by atoms with E-state index in [0.717, 1.165) is 15.8 Å². The molecule has 2 aliphatic rings. The second-order valence-corrected chi connectivity index (χ2v) is 6.90. The zero-order chi connectivity index (χ0) is 16.2. The van der Waals surface area contributed by atoms with E-state index in [9.17, 15) is 9.18 Å². The Morgan fingerprint density at radius 3 is 2.96 bits per heavy atom. The highest BCUT2D eigenvalue weighted by Crippen LogP contribution is 2.46. The third-order valence-corrected chi connectivity index (χ3v) is 4.79. The van der Waals surface area contributed by atoms with Crippen LogP contribution in [0, 0.1) is 5.82 Å². The number of carbonyl (C=O) groups excluding carboxylic acids is 1. The summed E-state index contributed by atoms with van der Waals surface area (Å²) in [6.07, 6.45) is 0.582. The number of benzene rings is 2. The molecule has 4 nitrogen and oxygen atoms in total. The Kier molecular flexibility index (Phi) is 3.13. The molecule has 2 amide bonds. The molecule has 2 bridgehead atoms. The smallest absolute Gasteiger partial charge is 0.325 e. The second kappa shape index (κ2) is 4.96. The second-order valence-electron chi connectivity index (χ2n) is 5.98. The van der Waals surface area contributed by atoms with Gasteiger partial charge in [-0.2, -0.15) is 0 Å². The first kappa shape index (κ1) is 14.5. The van der Waals surface area contributed by atoms with E-state index in [1.54, 1.807) is 12.1 Å². The number of hydrogen-bond donors (Lipinski definition) is 1. The zero-order valence-corrected chi connectivity index (χ0v) is 13.9. The zero-order valence-electron chi connectivity index (χ0n) is 12.3. The van der Waals surface area contributed by atoms with Crippen LogP contribution in [-0.4, -0.2) is 11.8 Å². The highest BCUT2D eigenvalue weighted by molar-refractivity contribution is 9.10. The minimum atomic E-state index is -0.860. The number of amides is 2. The Labute approximate surface area is 141 Å². The van der Waals surface area contributed by atoms with E-state index in [4.69, 9.17) is 4.74 Å². The molecule has 2 aromatic carbocycles. The summed E-state index contributed by atoms with van der Waals surface area (Å²) in [5, 5.41) is 2.99. The lowest BCUT2D eigenvalue weighted by atomic mass is 9.90. The van der Waals surface area contributed by atoms with Crippen LogP contribution < -0.4 is 15.0 Å². The molecule has 0 radical (unpaired) electrons. The fourth-order valence-corrected chi connectivity index (χ4v) is 3.73. The molecule has 6 heteroatoms. The van der Waals surface area contributed by atoms with Crippen LogP contribution in [-0.2, 0) is 0 Å². The first-order valence-corrected chi connectivity index (χ1v) is 8.10. The molecule has 1 saturated heterocycles. The van der Waals surface area contributed by atoms with Crippen molar-refractivity contribution in [1.29, 1.82) is 0 Å². The number of rotatable bonds is 1. The number of nitrogens with one attached hydrogen (secondary N) is 1. The molecule has 0 aromatic heterocycles. The molecule has 0 saturated carbocycles. The van der Waals surface area contributed by atoms with Crippen molar-refractivity contribution in [3.05, 3.63) is 58.3 Å². The summed E-state index contributed by atoms with van der Waals surface area (Å²) in [6, 6.07) is 11.3. The van der Waals surface area contributed by atoms with E-state index < -0.39 is 5.72 Å². The van der Waals surface area contributed by atoms with Crippen molar-refractivity contribution in [3.63, 3.8) is 0 Å². The summed E-state index contributed by atoms with van der Waals surface area (Å²) in [5.41, 5.74) is 0.565. The minimum absolute atomic E-state index is 0.126. The maximum absolute atomic E-state index is 13.6. The predicted molar refractivity (Wildman–Crippen MR) is 87.9 cm³/mol. The van der Waals surface area contributed by atoms with Gasteiger partial charge in [-0.05, 0) is 43.3 Å². The summed E-state index contributed by atoms with van der Waals surface area (Å²) in [7, 11) is 0. The van der Waals surface area contributed by atoms with Crippen LogP contribution in [0.4, 0.5) is 14.9 Å². The molecule has 2 aliphatic heterocycles. The third-order valence-electron chi connectivity index (χ3n) is 4.30. The number of fused-ring (bicyclic) bond motifs is 4. The van der Waals surface area contributed by atoms with Crippen LogP contribution in [0.25, 0.3) is 0 Å². The van der Waals surface area contributed by atoms with Crippen LogP contribution in [0.1, 0.15) is 24.9 Å². The number of anilines is 1. The molecule has 1 fully saturated rings. The number of hydrogen-bond acceptors (Lipinski definition) is 2. The number of ether oxygens (including phenoxy) is 1. The van der Waals surface area contributed by atoms with Crippen molar-refractivity contribution in [2.24, 2.45) is 0 Å². The van der Waals surface area contributed by atoms with Gasteiger partial charge in [0.05, 0.1) is 11.7 Å². The monoisotopic (exact) mass is 376 g/mol. The lowest BCUT2D eigenvalue weighted by Crippen LogP contribution is -2.65. The topological polar surface area (TPSA) is 41.6 Å². The van der Waals surface area contributed by atoms with Crippen LogP contribution in [0.15, 0.2) is 46.9 Å². The van der Waals surface area contributed by atoms with Crippen molar-refractivity contribution in [2.75, 3.05) is 4.90 Å². The van der Waals surface area contributed by atoms with Gasteiger partial charge in [0.25, 0.3) is 0 Å². The Balaban J connectivity index is 1.81. The summed E-state index contributed by atoms with van der Waals surface area (Å²) in [4.78, 5) is 14.1. The summed E-state index contributed by atoms with van der Waals surface area (Å²) >= 11 is 3.44. The Bertz CT molecular complexity index is 813. The van der Waals surface area contributed by atoms with Crippen molar-refractivity contribution < 1.29 is 13.9 Å². The van der Waals surface area contributed by atoms with Crippen molar-refractivity contribution in [3.8, 4) is 5.75 Å². The SMILES string of the molecule is C[C@@]12C[C@H](NC(=O)N1c1cccc(F)c1)c1cc(Br)ccc1O2. The average molecular weight is 377 g/mol. The molecule has 2 aromatic rings. The van der Waals surface area contributed by atoms with Crippen molar-refractivity contribution >= 4 is 27.6 Å². The lowest BCUT2D eigenvalue weighted by Gasteiger charge is -2.50. The average Bonchev–Trinajstić information content (AvgIpc) is 2.47. The highest BCUT2D eigenvalue weighted by atomic mass is 79.9. The molecular formula is C17H14BrFN2O2. The van der Waals surface area contributed by atoms with Gasteiger partial charge in [-0.15, -0.1) is 0 Å². The third kappa shape index (κ3) is 2.28. The standard InChI is InChI=1S/C17H14BrFN2O2/c1-17-9-14(13-7-10(18)5-6-15(13)23-17)20-16(22)21(17)12-4-2-3-11(19)8-12/h2-8,14H,9H2,1H3,(H,20,22)/t14-,17+/m0/s1. The van der Waals surface area contributed by atoms with Gasteiger partial charge in [0.1, 0.15) is 11.6 Å². The normalized spacial score (nSPS) is 25.4. The number of halogens is 2. The van der Waals surface area contributed by atoms with Gasteiger partial charge in [0.2, 0.25) is 0 Å². The fraction of sp³-hybridized carbons (Fsp3) is 0.235.